The smallest absolute Gasteiger partial charge is 0.211 e. The molecule has 24 heavy (non-hydrogen) atoms. The molecule has 0 unspecified atom stereocenters. The predicted molar refractivity (Wildman–Crippen MR) is 95.8 cm³/mol. The van der Waals surface area contributed by atoms with Crippen molar-refractivity contribution in [3.05, 3.63) is 42.3 Å². The van der Waals surface area contributed by atoms with Crippen molar-refractivity contribution < 1.29 is 16.8 Å². The molecule has 1 N–H and O–H groups in total. The summed E-state index contributed by atoms with van der Waals surface area (Å²) in [4.78, 5) is 0. The molecule has 2 heterocycles. The highest BCUT2D eigenvalue weighted by atomic mass is 32.2. The monoisotopic (exact) mass is 386 g/mol. The first kappa shape index (κ1) is 17.6. The highest BCUT2D eigenvalue weighted by molar-refractivity contribution is 7.92. The Morgan fingerprint density at radius 1 is 1.29 bits per heavy atom. The van der Waals surface area contributed by atoms with Gasteiger partial charge in [-0.2, -0.15) is 4.31 Å². The van der Waals surface area contributed by atoms with Gasteiger partial charge < -0.3 is 0 Å². The topological polar surface area (TPSA) is 83.6 Å². The number of nitrogens with one attached hydrogen (secondary N) is 1. The predicted octanol–water partition coefficient (Wildman–Crippen LogP) is 1.97. The van der Waals surface area contributed by atoms with Crippen molar-refractivity contribution in [2.45, 2.75) is 10.6 Å². The maximum atomic E-state index is 12.8. The van der Waals surface area contributed by atoms with E-state index in [1.54, 1.807) is 6.07 Å². The van der Waals surface area contributed by atoms with Gasteiger partial charge in [-0.1, -0.05) is 24.8 Å². The first-order valence-corrected chi connectivity index (χ1v) is 11.2. The van der Waals surface area contributed by atoms with E-state index in [-0.39, 0.29) is 12.5 Å². The lowest BCUT2D eigenvalue weighted by Gasteiger charge is -2.15. The Kier molecular flexibility index (Phi) is 4.80. The van der Waals surface area contributed by atoms with Gasteiger partial charge in [0.2, 0.25) is 10.0 Å². The van der Waals surface area contributed by atoms with Crippen LogP contribution in [0, 0.1) is 5.92 Å². The zero-order chi connectivity index (χ0) is 17.4. The van der Waals surface area contributed by atoms with Gasteiger partial charge in [-0.05, 0) is 29.9 Å². The summed E-state index contributed by atoms with van der Waals surface area (Å²) in [6.45, 7) is 4.17. The van der Waals surface area contributed by atoms with E-state index in [0.717, 1.165) is 15.5 Å². The van der Waals surface area contributed by atoms with E-state index in [0.29, 0.717) is 23.7 Å². The quantitative estimate of drug-likeness (QED) is 0.823. The lowest BCUT2D eigenvalue weighted by molar-refractivity contribution is 0.456. The van der Waals surface area contributed by atoms with E-state index in [1.807, 2.05) is 24.3 Å². The molecule has 0 radical (unpaired) electrons. The molecule has 1 aromatic carbocycles. The molecule has 1 aliphatic rings. The molecule has 0 aliphatic carbocycles. The molecule has 0 bridgehead atoms. The van der Waals surface area contributed by atoms with Crippen LogP contribution in [0.15, 0.2) is 46.5 Å². The van der Waals surface area contributed by atoms with Crippen molar-refractivity contribution in [1.82, 2.24) is 9.03 Å². The lowest BCUT2D eigenvalue weighted by Crippen LogP contribution is -2.32. The number of benzene rings is 1. The molecule has 1 aliphatic heterocycles. The van der Waals surface area contributed by atoms with Crippen molar-refractivity contribution in [2.24, 2.45) is 5.92 Å². The third-order valence-electron chi connectivity index (χ3n) is 4.04. The average molecular weight is 387 g/mol. The molecule has 2 aromatic rings. The van der Waals surface area contributed by atoms with Crippen LogP contribution in [0.25, 0.3) is 10.1 Å². The third kappa shape index (κ3) is 3.55. The van der Waals surface area contributed by atoms with E-state index in [2.05, 4.69) is 11.3 Å². The van der Waals surface area contributed by atoms with E-state index < -0.39 is 20.0 Å². The molecule has 0 amide bonds. The molecule has 130 valence electrons. The molecule has 9 heteroatoms. The number of thiophene rings is 1. The summed E-state index contributed by atoms with van der Waals surface area (Å²) in [6.07, 6.45) is 0.629. The number of hydrogen-bond acceptors (Lipinski definition) is 5. The van der Waals surface area contributed by atoms with Crippen LogP contribution in [0.3, 0.4) is 0 Å². The molecular weight excluding hydrogens is 368 g/mol. The summed E-state index contributed by atoms with van der Waals surface area (Å²) in [6, 6.07) is 9.25. The van der Waals surface area contributed by atoms with E-state index in [1.165, 1.54) is 15.6 Å². The summed E-state index contributed by atoms with van der Waals surface area (Å²) < 4.78 is 53.5. The maximum Gasteiger partial charge on any atom is 0.252 e. The second-order valence-corrected chi connectivity index (χ2v) is 10.6. The number of rotatable bonds is 6. The van der Waals surface area contributed by atoms with Gasteiger partial charge in [0.15, 0.2) is 0 Å². The lowest BCUT2D eigenvalue weighted by atomic mass is 10.1. The van der Waals surface area contributed by atoms with Crippen LogP contribution in [-0.4, -0.2) is 40.8 Å². The van der Waals surface area contributed by atoms with Gasteiger partial charge in [-0.25, -0.2) is 21.6 Å². The maximum absolute atomic E-state index is 12.8. The number of fused-ring (bicyclic) bond motifs is 1. The van der Waals surface area contributed by atoms with Crippen molar-refractivity contribution in [2.75, 3.05) is 19.6 Å². The second-order valence-electron chi connectivity index (χ2n) is 5.68. The molecule has 0 saturated carbocycles. The van der Waals surface area contributed by atoms with Crippen LogP contribution in [0.2, 0.25) is 0 Å². The highest BCUT2D eigenvalue weighted by Gasteiger charge is 2.33. The summed E-state index contributed by atoms with van der Waals surface area (Å²) >= 11 is 1.26. The number of nitrogens with zero attached hydrogens (tertiary/aromatic N) is 1. The molecule has 1 atom stereocenters. The summed E-state index contributed by atoms with van der Waals surface area (Å²) in [5, 5.41) is 1.77. The van der Waals surface area contributed by atoms with Gasteiger partial charge in [-0.15, -0.1) is 11.3 Å². The second kappa shape index (κ2) is 6.57. The molecular formula is C15H18N2O4S3. The minimum absolute atomic E-state index is 0.0381. The SMILES string of the molecule is C=CS(=O)(=O)NC[C@H]1CCN(S(=O)(=O)c2cc3ccccc3s2)C1. The van der Waals surface area contributed by atoms with E-state index in [9.17, 15) is 16.8 Å². The van der Waals surface area contributed by atoms with Crippen molar-refractivity contribution in [3.8, 4) is 0 Å². The Balaban J connectivity index is 1.73. The first-order valence-electron chi connectivity index (χ1n) is 7.43. The fourth-order valence-corrected chi connectivity index (χ4v) is 6.36. The van der Waals surface area contributed by atoms with Crippen LogP contribution < -0.4 is 4.72 Å². The Bertz CT molecular complexity index is 931. The normalized spacial score (nSPS) is 19.8. The fraction of sp³-hybridized carbons (Fsp3) is 0.333. The standard InChI is InChI=1S/C15H18N2O4S3/c1-2-23(18,19)16-10-12-7-8-17(11-12)24(20,21)15-9-13-5-3-4-6-14(13)22-15/h2-6,9,12,16H,1,7-8,10-11H2/t12-/m1/s1. The largest absolute Gasteiger partial charge is 0.252 e. The summed E-state index contributed by atoms with van der Waals surface area (Å²) in [7, 11) is -7.02. The number of hydrogen-bond donors (Lipinski definition) is 1. The van der Waals surface area contributed by atoms with Gasteiger partial charge in [0.25, 0.3) is 10.0 Å². The summed E-state index contributed by atoms with van der Waals surface area (Å²) in [5.41, 5.74) is 0. The Hall–Kier alpha value is -1.26. The van der Waals surface area contributed by atoms with Gasteiger partial charge in [0.05, 0.1) is 0 Å². The molecule has 0 spiro atoms. The highest BCUT2D eigenvalue weighted by Crippen LogP contribution is 2.32. The van der Waals surface area contributed by atoms with Crippen molar-refractivity contribution in [3.63, 3.8) is 0 Å². The van der Waals surface area contributed by atoms with Crippen molar-refractivity contribution in [1.29, 1.82) is 0 Å². The molecule has 6 nitrogen and oxygen atoms in total. The minimum atomic E-state index is -3.54. The molecule has 1 fully saturated rings. The Morgan fingerprint density at radius 3 is 2.75 bits per heavy atom. The summed E-state index contributed by atoms with van der Waals surface area (Å²) in [5.74, 6) is -0.0381. The third-order valence-corrected chi connectivity index (χ3v) is 8.48. The minimum Gasteiger partial charge on any atom is -0.211 e. The Labute approximate surface area is 145 Å². The van der Waals surface area contributed by atoms with Gasteiger partial charge in [0.1, 0.15) is 4.21 Å². The zero-order valence-electron chi connectivity index (χ0n) is 12.9. The van der Waals surface area contributed by atoms with Crippen LogP contribution in [-0.2, 0) is 20.0 Å². The van der Waals surface area contributed by atoms with Crippen LogP contribution in [0.5, 0.6) is 0 Å². The fourth-order valence-electron chi connectivity index (χ4n) is 2.69. The first-order chi connectivity index (χ1) is 11.3. The Morgan fingerprint density at radius 2 is 2.04 bits per heavy atom. The van der Waals surface area contributed by atoms with Gasteiger partial charge in [0, 0.05) is 29.7 Å². The van der Waals surface area contributed by atoms with Gasteiger partial charge in [-0.3, -0.25) is 0 Å². The van der Waals surface area contributed by atoms with E-state index in [4.69, 9.17) is 0 Å². The van der Waals surface area contributed by atoms with Crippen LogP contribution >= 0.6 is 11.3 Å². The number of sulfonamides is 2. The van der Waals surface area contributed by atoms with Crippen molar-refractivity contribution >= 4 is 41.5 Å². The van der Waals surface area contributed by atoms with Crippen LogP contribution in [0.1, 0.15) is 6.42 Å². The zero-order valence-corrected chi connectivity index (χ0v) is 15.3. The molecule has 1 aromatic heterocycles. The van der Waals surface area contributed by atoms with Gasteiger partial charge >= 0.3 is 0 Å². The molecule has 3 rings (SSSR count). The average Bonchev–Trinajstić information content (AvgIpc) is 3.20. The molecule has 1 saturated heterocycles. The van der Waals surface area contributed by atoms with E-state index >= 15 is 0 Å². The van der Waals surface area contributed by atoms with Crippen LogP contribution in [0.4, 0.5) is 0 Å².